The Morgan fingerprint density at radius 1 is 1.37 bits per heavy atom. The van der Waals surface area contributed by atoms with E-state index < -0.39 is 0 Å². The topological polar surface area (TPSA) is 62.7 Å². The van der Waals surface area contributed by atoms with Crippen LogP contribution in [0.2, 0.25) is 5.02 Å². The molecule has 94 valence electrons. The first-order valence-corrected chi connectivity index (χ1v) is 6.85. The number of hydrogen-bond donors (Lipinski definition) is 1. The zero-order valence-electron chi connectivity index (χ0n) is 9.77. The number of aromatic nitrogens is 1. The fourth-order valence-electron chi connectivity index (χ4n) is 1.63. The first-order valence-electron chi connectivity index (χ1n) is 5.39. The molecule has 0 saturated heterocycles. The molecule has 0 amide bonds. The highest BCUT2D eigenvalue weighted by molar-refractivity contribution is 14.1. The van der Waals surface area contributed by atoms with Gasteiger partial charge in [0, 0.05) is 32.1 Å². The normalized spacial score (nSPS) is 11.6. The third kappa shape index (κ3) is 3.06. The first-order chi connectivity index (χ1) is 9.13. The standard InChI is InChI=1S/C14H9ClIN3/c15-10-3-4-13(16)11(6-10)14(18)12(7-17)9-2-1-5-19-8-9/h1-6,8H,18H2/b14-12-. The van der Waals surface area contributed by atoms with E-state index in [0.717, 1.165) is 9.13 Å². The second-order valence-corrected chi connectivity index (χ2v) is 5.36. The highest BCUT2D eigenvalue weighted by atomic mass is 127. The predicted octanol–water partition coefficient (Wildman–Crippen LogP) is 3.69. The number of hydrogen-bond acceptors (Lipinski definition) is 3. The summed E-state index contributed by atoms with van der Waals surface area (Å²) in [6.45, 7) is 0. The Morgan fingerprint density at radius 3 is 2.79 bits per heavy atom. The van der Waals surface area contributed by atoms with Crippen molar-refractivity contribution < 1.29 is 0 Å². The monoisotopic (exact) mass is 381 g/mol. The van der Waals surface area contributed by atoms with Gasteiger partial charge in [-0.15, -0.1) is 0 Å². The number of nitrogens with zero attached hydrogens (tertiary/aromatic N) is 2. The van der Waals surface area contributed by atoms with Crippen molar-refractivity contribution in [2.75, 3.05) is 0 Å². The molecule has 0 atom stereocenters. The van der Waals surface area contributed by atoms with Crippen molar-refractivity contribution in [2.24, 2.45) is 5.73 Å². The molecule has 0 unspecified atom stereocenters. The fourth-order valence-corrected chi connectivity index (χ4v) is 2.43. The van der Waals surface area contributed by atoms with Crippen LogP contribution in [0, 0.1) is 14.9 Å². The molecular formula is C14H9ClIN3. The minimum Gasteiger partial charge on any atom is -0.397 e. The molecule has 0 spiro atoms. The number of rotatable bonds is 2. The third-order valence-electron chi connectivity index (χ3n) is 2.55. The number of allylic oxidation sites excluding steroid dienone is 1. The van der Waals surface area contributed by atoms with E-state index in [4.69, 9.17) is 17.3 Å². The number of pyridine rings is 1. The predicted molar refractivity (Wildman–Crippen MR) is 85.0 cm³/mol. The highest BCUT2D eigenvalue weighted by Gasteiger charge is 2.11. The molecule has 19 heavy (non-hydrogen) atoms. The lowest BCUT2D eigenvalue weighted by molar-refractivity contribution is 1.31. The maximum absolute atomic E-state index is 9.32. The van der Waals surface area contributed by atoms with Crippen molar-refractivity contribution in [1.29, 1.82) is 5.26 Å². The zero-order valence-corrected chi connectivity index (χ0v) is 12.7. The summed E-state index contributed by atoms with van der Waals surface area (Å²) in [7, 11) is 0. The number of benzene rings is 1. The number of nitrogens with two attached hydrogens (primary N) is 1. The van der Waals surface area contributed by atoms with E-state index in [1.165, 1.54) is 0 Å². The van der Waals surface area contributed by atoms with E-state index in [-0.39, 0.29) is 0 Å². The van der Waals surface area contributed by atoms with Crippen LogP contribution in [0.4, 0.5) is 0 Å². The molecule has 0 bridgehead atoms. The molecule has 1 heterocycles. The van der Waals surface area contributed by atoms with Gasteiger partial charge in [0.2, 0.25) is 0 Å². The average Bonchev–Trinajstić information content (AvgIpc) is 2.43. The molecule has 0 saturated carbocycles. The molecular weight excluding hydrogens is 373 g/mol. The Hall–Kier alpha value is -1.58. The summed E-state index contributed by atoms with van der Waals surface area (Å²) in [5, 5.41) is 9.91. The van der Waals surface area contributed by atoms with Crippen LogP contribution >= 0.6 is 34.2 Å². The Kier molecular flexibility index (Phi) is 4.40. The average molecular weight is 382 g/mol. The Bertz CT molecular complexity index is 675. The molecule has 1 aromatic carbocycles. The lowest BCUT2D eigenvalue weighted by atomic mass is 10.0. The summed E-state index contributed by atoms with van der Waals surface area (Å²) in [6.07, 6.45) is 3.26. The van der Waals surface area contributed by atoms with Gasteiger partial charge in [-0.05, 0) is 46.9 Å². The smallest absolute Gasteiger partial charge is 0.102 e. The van der Waals surface area contributed by atoms with Crippen molar-refractivity contribution in [1.82, 2.24) is 4.98 Å². The SMILES string of the molecule is N#C/C(=C(/N)c1cc(Cl)ccc1I)c1cccnc1. The molecule has 0 fully saturated rings. The summed E-state index contributed by atoms with van der Waals surface area (Å²) >= 11 is 8.14. The van der Waals surface area contributed by atoms with Gasteiger partial charge in [0.15, 0.2) is 0 Å². The minimum atomic E-state index is 0.397. The Balaban J connectivity index is 2.62. The van der Waals surface area contributed by atoms with Crippen LogP contribution in [-0.4, -0.2) is 4.98 Å². The summed E-state index contributed by atoms with van der Waals surface area (Å²) in [5.41, 5.74) is 8.37. The van der Waals surface area contributed by atoms with E-state index in [2.05, 4.69) is 33.6 Å². The van der Waals surface area contributed by atoms with Gasteiger partial charge in [-0.1, -0.05) is 17.7 Å². The van der Waals surface area contributed by atoms with Crippen LogP contribution < -0.4 is 5.73 Å². The maximum Gasteiger partial charge on any atom is 0.102 e. The summed E-state index contributed by atoms with van der Waals surface area (Å²) < 4.78 is 0.941. The van der Waals surface area contributed by atoms with E-state index in [9.17, 15) is 5.26 Å². The third-order valence-corrected chi connectivity index (χ3v) is 3.73. The van der Waals surface area contributed by atoms with Crippen molar-refractivity contribution in [3.8, 4) is 6.07 Å². The van der Waals surface area contributed by atoms with Gasteiger partial charge >= 0.3 is 0 Å². The van der Waals surface area contributed by atoms with Gasteiger partial charge in [-0.2, -0.15) is 5.26 Å². The lowest BCUT2D eigenvalue weighted by Gasteiger charge is -2.08. The fraction of sp³-hybridized carbons (Fsp3) is 0. The van der Waals surface area contributed by atoms with Gasteiger partial charge in [0.25, 0.3) is 0 Å². The zero-order chi connectivity index (χ0) is 13.8. The van der Waals surface area contributed by atoms with Crippen molar-refractivity contribution in [3.63, 3.8) is 0 Å². The van der Waals surface area contributed by atoms with Crippen LogP contribution in [0.1, 0.15) is 11.1 Å². The minimum absolute atomic E-state index is 0.397. The van der Waals surface area contributed by atoms with Gasteiger partial charge in [0.1, 0.15) is 6.07 Å². The Labute approximate surface area is 129 Å². The molecule has 2 N–H and O–H groups in total. The van der Waals surface area contributed by atoms with Crippen molar-refractivity contribution in [2.45, 2.75) is 0 Å². The van der Waals surface area contributed by atoms with E-state index in [1.54, 1.807) is 36.7 Å². The molecule has 2 aromatic rings. The van der Waals surface area contributed by atoms with E-state index in [1.807, 2.05) is 6.07 Å². The van der Waals surface area contributed by atoms with Crippen molar-refractivity contribution in [3.05, 3.63) is 62.4 Å². The van der Waals surface area contributed by atoms with E-state index in [0.29, 0.717) is 21.9 Å². The highest BCUT2D eigenvalue weighted by Crippen LogP contribution is 2.27. The van der Waals surface area contributed by atoms with E-state index >= 15 is 0 Å². The lowest BCUT2D eigenvalue weighted by Crippen LogP contribution is -2.03. The number of halogens is 2. The molecule has 3 nitrogen and oxygen atoms in total. The van der Waals surface area contributed by atoms with Crippen LogP contribution in [0.5, 0.6) is 0 Å². The maximum atomic E-state index is 9.32. The summed E-state index contributed by atoms with van der Waals surface area (Å²) in [4.78, 5) is 4.00. The van der Waals surface area contributed by atoms with Crippen molar-refractivity contribution >= 4 is 45.5 Å². The molecule has 1 aromatic heterocycles. The summed E-state index contributed by atoms with van der Waals surface area (Å²) in [5.74, 6) is 0. The first kappa shape index (κ1) is 13.8. The molecule has 5 heteroatoms. The second kappa shape index (κ2) is 6.04. The Morgan fingerprint density at radius 2 is 2.16 bits per heavy atom. The van der Waals surface area contributed by atoms with Crippen LogP contribution in [0.25, 0.3) is 11.3 Å². The van der Waals surface area contributed by atoms with Crippen LogP contribution in [0.15, 0.2) is 42.7 Å². The summed E-state index contributed by atoms with van der Waals surface area (Å²) in [6, 6.07) is 11.1. The van der Waals surface area contributed by atoms with Gasteiger partial charge < -0.3 is 5.73 Å². The van der Waals surface area contributed by atoms with Crippen LogP contribution in [-0.2, 0) is 0 Å². The van der Waals surface area contributed by atoms with Gasteiger partial charge in [-0.3, -0.25) is 4.98 Å². The largest absolute Gasteiger partial charge is 0.397 e. The molecule has 0 aliphatic heterocycles. The number of nitriles is 1. The van der Waals surface area contributed by atoms with Crippen LogP contribution in [0.3, 0.4) is 0 Å². The molecule has 0 aliphatic rings. The van der Waals surface area contributed by atoms with Gasteiger partial charge in [0.05, 0.1) is 11.3 Å². The molecule has 0 aliphatic carbocycles. The quantitative estimate of drug-likeness (QED) is 0.637. The molecule has 0 radical (unpaired) electrons. The second-order valence-electron chi connectivity index (χ2n) is 3.77. The molecule has 2 rings (SSSR count). The van der Waals surface area contributed by atoms with Gasteiger partial charge in [-0.25, -0.2) is 0 Å².